The fraction of sp³-hybridized carbons (Fsp3) is 0.182. The van der Waals surface area contributed by atoms with E-state index in [1.54, 1.807) is 0 Å². The molecule has 2 aromatic heterocycles. The fourth-order valence-corrected chi connectivity index (χ4v) is 3.40. The molecule has 1 N–H and O–H groups in total. The molecule has 7 heteroatoms. The first kappa shape index (κ1) is 19.0. The van der Waals surface area contributed by atoms with Gasteiger partial charge < -0.3 is 0 Å². The van der Waals surface area contributed by atoms with Gasteiger partial charge in [-0.1, -0.05) is 55.8 Å². The third-order valence-corrected chi connectivity index (χ3v) is 4.76. The van der Waals surface area contributed by atoms with Gasteiger partial charge in [0.1, 0.15) is 0 Å². The van der Waals surface area contributed by atoms with E-state index < -0.39 is 11.7 Å². The summed E-state index contributed by atoms with van der Waals surface area (Å²) in [4.78, 5) is 17.3. The normalized spacial score (nSPS) is 11.9. The molecule has 4 nitrogen and oxygen atoms in total. The van der Waals surface area contributed by atoms with Crippen molar-refractivity contribution in [3.05, 3.63) is 82.3 Å². The van der Waals surface area contributed by atoms with Gasteiger partial charge in [0.25, 0.3) is 5.56 Å². The summed E-state index contributed by atoms with van der Waals surface area (Å²) in [5.41, 5.74) is 2.84. The van der Waals surface area contributed by atoms with Crippen molar-refractivity contribution in [3.8, 4) is 22.4 Å². The van der Waals surface area contributed by atoms with Crippen LogP contribution in [0.3, 0.4) is 0 Å². The molecule has 0 unspecified atom stereocenters. The molecule has 0 aliphatic heterocycles. The van der Waals surface area contributed by atoms with Gasteiger partial charge in [0.15, 0.2) is 5.65 Å². The average molecular weight is 397 g/mol. The summed E-state index contributed by atoms with van der Waals surface area (Å²) >= 11 is 0. The predicted molar refractivity (Wildman–Crippen MR) is 106 cm³/mol. The fourth-order valence-electron chi connectivity index (χ4n) is 3.40. The lowest BCUT2D eigenvalue weighted by Gasteiger charge is -2.08. The van der Waals surface area contributed by atoms with E-state index in [1.807, 2.05) is 37.3 Å². The topological polar surface area (TPSA) is 50.2 Å². The van der Waals surface area contributed by atoms with Crippen molar-refractivity contribution in [2.45, 2.75) is 25.9 Å². The van der Waals surface area contributed by atoms with E-state index in [1.165, 1.54) is 22.7 Å². The highest BCUT2D eigenvalue weighted by Gasteiger charge is 2.30. The number of fused-ring (bicyclic) bond motifs is 1. The Labute approximate surface area is 164 Å². The van der Waals surface area contributed by atoms with Gasteiger partial charge in [-0.05, 0) is 24.1 Å². The lowest BCUT2D eigenvalue weighted by molar-refractivity contribution is -0.137. The van der Waals surface area contributed by atoms with E-state index >= 15 is 0 Å². The van der Waals surface area contributed by atoms with Crippen LogP contribution in [0.5, 0.6) is 0 Å². The van der Waals surface area contributed by atoms with Crippen LogP contribution in [-0.4, -0.2) is 14.6 Å². The quantitative estimate of drug-likeness (QED) is 0.506. The second kappa shape index (κ2) is 7.24. The summed E-state index contributed by atoms with van der Waals surface area (Å²) in [5.74, 6) is 0. The number of aromatic nitrogens is 3. The molecular weight excluding hydrogens is 379 g/mol. The monoisotopic (exact) mass is 397 g/mol. The molecule has 148 valence electrons. The number of aromatic amines is 1. The second-order valence-electron chi connectivity index (χ2n) is 6.80. The third-order valence-electron chi connectivity index (χ3n) is 4.76. The highest BCUT2D eigenvalue weighted by atomic mass is 19.4. The van der Waals surface area contributed by atoms with Crippen molar-refractivity contribution in [3.63, 3.8) is 0 Å². The zero-order chi connectivity index (χ0) is 20.6. The number of nitrogens with one attached hydrogen (secondary N) is 1. The Kier molecular flexibility index (Phi) is 4.74. The lowest BCUT2D eigenvalue weighted by Crippen LogP contribution is -2.14. The number of hydrogen-bond donors (Lipinski definition) is 1. The number of benzene rings is 2. The van der Waals surface area contributed by atoms with Crippen LogP contribution in [0.1, 0.15) is 24.6 Å². The summed E-state index contributed by atoms with van der Waals surface area (Å²) < 4.78 is 39.9. The first-order valence-electron chi connectivity index (χ1n) is 9.26. The lowest BCUT2D eigenvalue weighted by atomic mass is 10.0. The summed E-state index contributed by atoms with van der Waals surface area (Å²) in [6, 6.07) is 15.6. The molecule has 29 heavy (non-hydrogen) atoms. The van der Waals surface area contributed by atoms with E-state index in [4.69, 9.17) is 0 Å². The Morgan fingerprint density at radius 1 is 1.00 bits per heavy atom. The molecule has 0 fully saturated rings. The average Bonchev–Trinajstić information content (AvgIpc) is 3.07. The number of nitrogens with zero attached hydrogens (tertiary/aromatic N) is 2. The van der Waals surface area contributed by atoms with Gasteiger partial charge in [-0.15, -0.1) is 0 Å². The maximum Gasteiger partial charge on any atom is 0.416 e. The van der Waals surface area contributed by atoms with Crippen LogP contribution < -0.4 is 5.56 Å². The third kappa shape index (κ3) is 3.55. The van der Waals surface area contributed by atoms with E-state index in [9.17, 15) is 18.0 Å². The molecule has 0 saturated carbocycles. The zero-order valence-corrected chi connectivity index (χ0v) is 15.6. The van der Waals surface area contributed by atoms with E-state index in [0.717, 1.165) is 41.8 Å². The largest absolute Gasteiger partial charge is 0.416 e. The van der Waals surface area contributed by atoms with Gasteiger partial charge in [-0.3, -0.25) is 9.89 Å². The van der Waals surface area contributed by atoms with Gasteiger partial charge in [-0.25, -0.2) is 9.50 Å². The summed E-state index contributed by atoms with van der Waals surface area (Å²) in [7, 11) is 0. The summed E-state index contributed by atoms with van der Waals surface area (Å²) in [6.45, 7) is 2.05. The Morgan fingerprint density at radius 3 is 2.31 bits per heavy atom. The highest BCUT2D eigenvalue weighted by Crippen LogP contribution is 2.32. The van der Waals surface area contributed by atoms with E-state index in [2.05, 4.69) is 10.1 Å². The standard InChI is InChI=1S/C22H18F3N3O/c1-2-6-17-20(15-7-4-3-5-8-15)21-26-18(13-19(29)28(21)27-17)14-9-11-16(12-10-14)22(23,24)25/h3-5,7-13,27H,2,6H2,1H3. The van der Waals surface area contributed by atoms with Crippen molar-refractivity contribution in [2.75, 3.05) is 0 Å². The van der Waals surface area contributed by atoms with Gasteiger partial charge in [0.2, 0.25) is 0 Å². The SMILES string of the molecule is CCCc1[nH]n2c(=O)cc(-c3ccc(C(F)(F)F)cc3)nc2c1-c1ccccc1. The molecule has 0 saturated heterocycles. The van der Waals surface area contributed by atoms with Crippen molar-refractivity contribution in [1.29, 1.82) is 0 Å². The number of alkyl halides is 3. The van der Waals surface area contributed by atoms with Crippen molar-refractivity contribution in [1.82, 2.24) is 14.6 Å². The molecule has 0 amide bonds. The minimum absolute atomic E-state index is 0.315. The van der Waals surface area contributed by atoms with Crippen LogP contribution >= 0.6 is 0 Å². The summed E-state index contributed by atoms with van der Waals surface area (Å²) in [6.07, 6.45) is -2.79. The Morgan fingerprint density at radius 2 is 1.69 bits per heavy atom. The van der Waals surface area contributed by atoms with Crippen molar-refractivity contribution in [2.24, 2.45) is 0 Å². The molecule has 2 aromatic carbocycles. The number of rotatable bonds is 4. The molecular formula is C22H18F3N3O. The van der Waals surface area contributed by atoms with E-state index in [0.29, 0.717) is 16.9 Å². The number of halogens is 3. The highest BCUT2D eigenvalue weighted by molar-refractivity contribution is 5.81. The Hall–Kier alpha value is -3.35. The Balaban J connectivity index is 1.91. The zero-order valence-electron chi connectivity index (χ0n) is 15.6. The predicted octanol–water partition coefficient (Wildman–Crippen LogP) is 5.33. The molecule has 2 heterocycles. The van der Waals surface area contributed by atoms with Crippen LogP contribution in [0.25, 0.3) is 28.0 Å². The molecule has 4 aromatic rings. The van der Waals surface area contributed by atoms with Gasteiger partial charge in [0, 0.05) is 22.9 Å². The smallest absolute Gasteiger partial charge is 0.293 e. The van der Waals surface area contributed by atoms with Crippen molar-refractivity contribution >= 4 is 5.65 Å². The maximum atomic E-state index is 12.8. The van der Waals surface area contributed by atoms with Crippen LogP contribution in [0.2, 0.25) is 0 Å². The minimum Gasteiger partial charge on any atom is -0.293 e. The first-order valence-corrected chi connectivity index (χ1v) is 9.26. The van der Waals surface area contributed by atoms with Crippen LogP contribution in [0.4, 0.5) is 13.2 Å². The second-order valence-corrected chi connectivity index (χ2v) is 6.80. The number of hydrogen-bond acceptors (Lipinski definition) is 2. The van der Waals surface area contributed by atoms with Crippen molar-refractivity contribution < 1.29 is 13.2 Å². The van der Waals surface area contributed by atoms with Crippen LogP contribution in [0, 0.1) is 0 Å². The molecule has 0 radical (unpaired) electrons. The number of H-pyrrole nitrogens is 1. The molecule has 0 aliphatic rings. The van der Waals surface area contributed by atoms with Crippen LogP contribution in [0.15, 0.2) is 65.5 Å². The first-order chi connectivity index (χ1) is 13.9. The number of aryl methyl sites for hydroxylation is 1. The molecule has 0 atom stereocenters. The van der Waals surface area contributed by atoms with Crippen LogP contribution in [-0.2, 0) is 12.6 Å². The molecule has 0 aliphatic carbocycles. The molecule has 0 spiro atoms. The van der Waals surface area contributed by atoms with E-state index in [-0.39, 0.29) is 5.56 Å². The van der Waals surface area contributed by atoms with Gasteiger partial charge in [0.05, 0.1) is 11.3 Å². The molecule has 4 rings (SSSR count). The van der Waals surface area contributed by atoms with Gasteiger partial charge >= 0.3 is 6.18 Å². The summed E-state index contributed by atoms with van der Waals surface area (Å²) in [5, 5.41) is 3.13. The minimum atomic E-state index is -4.41. The Bertz CT molecular complexity index is 1210. The molecule has 0 bridgehead atoms. The maximum absolute atomic E-state index is 12.8. The van der Waals surface area contributed by atoms with Gasteiger partial charge in [-0.2, -0.15) is 13.2 Å².